The van der Waals surface area contributed by atoms with Gasteiger partial charge in [-0.15, -0.1) is 0 Å². The van der Waals surface area contributed by atoms with E-state index in [-0.39, 0.29) is 17.3 Å². The summed E-state index contributed by atoms with van der Waals surface area (Å²) >= 11 is 0. The van der Waals surface area contributed by atoms with Crippen molar-refractivity contribution in [2.24, 2.45) is 5.41 Å². The molecular weight excluding hydrogens is 381 g/mol. The predicted octanol–water partition coefficient (Wildman–Crippen LogP) is 4.87. The minimum absolute atomic E-state index is 0.00934. The molecule has 2 aromatic carbocycles. The van der Waals surface area contributed by atoms with E-state index >= 15 is 0 Å². The highest BCUT2D eigenvalue weighted by molar-refractivity contribution is 5.82. The second kappa shape index (κ2) is 8.38. The van der Waals surface area contributed by atoms with Crippen LogP contribution in [0.15, 0.2) is 53.3 Å². The van der Waals surface area contributed by atoms with Crippen LogP contribution < -0.4 is 5.56 Å². The van der Waals surface area contributed by atoms with E-state index in [1.54, 1.807) is 35.2 Å². The first kappa shape index (κ1) is 21.7. The van der Waals surface area contributed by atoms with Crippen molar-refractivity contribution < 1.29 is 9.18 Å². The number of para-hydroxylation sites is 1. The largest absolute Gasteiger partial charge is 0.332 e. The van der Waals surface area contributed by atoms with Crippen LogP contribution in [0.5, 0.6) is 0 Å². The van der Waals surface area contributed by atoms with Gasteiger partial charge in [0.1, 0.15) is 11.6 Å². The number of benzene rings is 2. The molecule has 3 rings (SSSR count). The Morgan fingerprint density at radius 1 is 1.13 bits per heavy atom. The number of fused-ring (bicyclic) bond motifs is 1. The Bertz CT molecular complexity index is 1110. The molecule has 1 aromatic heterocycles. The summed E-state index contributed by atoms with van der Waals surface area (Å²) in [5.41, 5.74) is 0.276. The summed E-state index contributed by atoms with van der Waals surface area (Å²) in [4.78, 5) is 33.1. The highest BCUT2D eigenvalue weighted by Crippen LogP contribution is 2.28. The smallest absolute Gasteiger partial charge is 0.266 e. The van der Waals surface area contributed by atoms with Crippen LogP contribution in [-0.4, -0.2) is 26.9 Å². The Labute approximate surface area is 176 Å². The molecule has 0 saturated heterocycles. The molecule has 30 heavy (non-hydrogen) atoms. The van der Waals surface area contributed by atoms with Crippen LogP contribution >= 0.6 is 0 Å². The number of hydrogen-bond donors (Lipinski definition) is 0. The molecule has 0 radical (unpaired) electrons. The van der Waals surface area contributed by atoms with Crippen molar-refractivity contribution >= 4 is 16.8 Å². The molecule has 0 aliphatic rings. The van der Waals surface area contributed by atoms with Crippen LogP contribution in [0.2, 0.25) is 0 Å². The Morgan fingerprint density at radius 3 is 2.37 bits per heavy atom. The second-order valence-electron chi connectivity index (χ2n) is 8.53. The highest BCUT2D eigenvalue weighted by atomic mass is 19.1. The first-order valence-electron chi connectivity index (χ1n) is 10.2. The molecule has 0 spiro atoms. The fourth-order valence-electron chi connectivity index (χ4n) is 3.55. The molecule has 0 bridgehead atoms. The minimum atomic E-state index is -0.568. The van der Waals surface area contributed by atoms with Crippen molar-refractivity contribution in [3.05, 3.63) is 70.5 Å². The Balaban J connectivity index is 2.27. The summed E-state index contributed by atoms with van der Waals surface area (Å²) in [6, 6.07) is 12.4. The summed E-state index contributed by atoms with van der Waals surface area (Å²) in [7, 11) is 0. The summed E-state index contributed by atoms with van der Waals surface area (Å²) < 4.78 is 15.0. The quantitative estimate of drug-likeness (QED) is 0.604. The summed E-state index contributed by atoms with van der Waals surface area (Å²) in [5, 5.41) is 0.474. The van der Waals surface area contributed by atoms with Gasteiger partial charge in [0, 0.05) is 12.0 Å². The van der Waals surface area contributed by atoms with E-state index in [2.05, 4.69) is 0 Å². The minimum Gasteiger partial charge on any atom is -0.332 e. The molecule has 3 aromatic rings. The van der Waals surface area contributed by atoms with Gasteiger partial charge in [0.05, 0.1) is 22.6 Å². The van der Waals surface area contributed by atoms with Gasteiger partial charge in [-0.05, 0) is 49.7 Å². The number of aromatic nitrogens is 2. The van der Waals surface area contributed by atoms with E-state index in [1.165, 1.54) is 16.7 Å². The van der Waals surface area contributed by atoms with Crippen molar-refractivity contribution in [1.29, 1.82) is 0 Å². The number of rotatable bonds is 5. The standard InChI is InChI=1S/C24H28FN3O2/c1-6-15-27(23(30)24(3,4)5)16(2)21-26-20-10-8-7-9-19(20)22(29)28(21)18-13-11-17(25)12-14-18/h7-14,16H,6,15H2,1-5H3. The molecule has 1 amide bonds. The van der Waals surface area contributed by atoms with Crippen LogP contribution in [0, 0.1) is 11.2 Å². The van der Waals surface area contributed by atoms with E-state index in [4.69, 9.17) is 4.98 Å². The first-order valence-corrected chi connectivity index (χ1v) is 10.2. The third-order valence-electron chi connectivity index (χ3n) is 5.09. The van der Waals surface area contributed by atoms with Gasteiger partial charge in [-0.3, -0.25) is 14.2 Å². The summed E-state index contributed by atoms with van der Waals surface area (Å²) in [6.45, 7) is 10.1. The average molecular weight is 410 g/mol. The number of halogens is 1. The summed E-state index contributed by atoms with van der Waals surface area (Å²) in [5.74, 6) is 0.0620. The van der Waals surface area contributed by atoms with E-state index in [0.29, 0.717) is 29.0 Å². The molecular formula is C24H28FN3O2. The predicted molar refractivity (Wildman–Crippen MR) is 117 cm³/mol. The van der Waals surface area contributed by atoms with Crippen LogP contribution in [0.4, 0.5) is 4.39 Å². The maximum atomic E-state index is 13.5. The van der Waals surface area contributed by atoms with Gasteiger partial charge >= 0.3 is 0 Å². The van der Waals surface area contributed by atoms with Crippen molar-refractivity contribution in [1.82, 2.24) is 14.5 Å². The number of amides is 1. The van der Waals surface area contributed by atoms with Gasteiger partial charge in [0.15, 0.2) is 0 Å². The van der Waals surface area contributed by atoms with Gasteiger partial charge in [-0.1, -0.05) is 39.8 Å². The first-order chi connectivity index (χ1) is 14.1. The third kappa shape index (κ3) is 4.13. The highest BCUT2D eigenvalue weighted by Gasteiger charge is 2.32. The van der Waals surface area contributed by atoms with Crippen LogP contribution in [0.1, 0.15) is 52.9 Å². The van der Waals surface area contributed by atoms with E-state index in [9.17, 15) is 14.0 Å². The van der Waals surface area contributed by atoms with Crippen molar-refractivity contribution in [2.75, 3.05) is 6.54 Å². The molecule has 158 valence electrons. The second-order valence-corrected chi connectivity index (χ2v) is 8.53. The van der Waals surface area contributed by atoms with Gasteiger partial charge in [-0.25, -0.2) is 9.37 Å². The normalized spacial score (nSPS) is 12.7. The molecule has 1 heterocycles. The van der Waals surface area contributed by atoms with Gasteiger partial charge in [-0.2, -0.15) is 0 Å². The van der Waals surface area contributed by atoms with Gasteiger partial charge in [0.25, 0.3) is 5.56 Å². The van der Waals surface area contributed by atoms with Crippen LogP contribution in [0.3, 0.4) is 0 Å². The molecule has 0 aliphatic heterocycles. The zero-order chi connectivity index (χ0) is 22.1. The topological polar surface area (TPSA) is 55.2 Å². The summed E-state index contributed by atoms with van der Waals surface area (Å²) in [6.07, 6.45) is 0.778. The molecule has 0 fully saturated rings. The SMILES string of the molecule is CCCN(C(=O)C(C)(C)C)C(C)c1nc2ccccc2c(=O)n1-c1ccc(F)cc1. The van der Waals surface area contributed by atoms with Crippen molar-refractivity contribution in [3.8, 4) is 5.69 Å². The molecule has 0 saturated carbocycles. The lowest BCUT2D eigenvalue weighted by Gasteiger charge is -2.34. The molecule has 1 atom stereocenters. The zero-order valence-electron chi connectivity index (χ0n) is 18.1. The maximum Gasteiger partial charge on any atom is 0.266 e. The lowest BCUT2D eigenvalue weighted by Crippen LogP contribution is -2.43. The molecule has 0 aliphatic carbocycles. The Morgan fingerprint density at radius 2 is 1.77 bits per heavy atom. The van der Waals surface area contributed by atoms with Gasteiger partial charge in [0.2, 0.25) is 5.91 Å². The monoisotopic (exact) mass is 409 g/mol. The Hall–Kier alpha value is -3.02. The zero-order valence-corrected chi connectivity index (χ0v) is 18.1. The van der Waals surface area contributed by atoms with Crippen LogP contribution in [-0.2, 0) is 4.79 Å². The van der Waals surface area contributed by atoms with Crippen molar-refractivity contribution in [3.63, 3.8) is 0 Å². The maximum absolute atomic E-state index is 13.5. The van der Waals surface area contributed by atoms with E-state index in [1.807, 2.05) is 40.7 Å². The lowest BCUT2D eigenvalue weighted by molar-refractivity contribution is -0.142. The molecule has 5 nitrogen and oxygen atoms in total. The molecule has 1 unspecified atom stereocenters. The lowest BCUT2D eigenvalue weighted by atomic mass is 9.93. The van der Waals surface area contributed by atoms with E-state index in [0.717, 1.165) is 6.42 Å². The fourth-order valence-corrected chi connectivity index (χ4v) is 3.55. The average Bonchev–Trinajstić information content (AvgIpc) is 2.71. The van der Waals surface area contributed by atoms with Gasteiger partial charge < -0.3 is 4.90 Å². The fraction of sp³-hybridized carbons (Fsp3) is 0.375. The van der Waals surface area contributed by atoms with E-state index < -0.39 is 11.5 Å². The van der Waals surface area contributed by atoms with Crippen LogP contribution in [0.25, 0.3) is 16.6 Å². The number of nitrogens with zero attached hydrogens (tertiary/aromatic N) is 3. The number of hydrogen-bond acceptors (Lipinski definition) is 3. The molecule has 6 heteroatoms. The third-order valence-corrected chi connectivity index (χ3v) is 5.09. The molecule has 0 N–H and O–H groups in total. The number of carbonyl (C=O) groups excluding carboxylic acids is 1. The Kier molecular flexibility index (Phi) is 6.06. The van der Waals surface area contributed by atoms with Crippen molar-refractivity contribution in [2.45, 2.75) is 47.1 Å². The number of carbonyl (C=O) groups is 1.